The SMILES string of the molecule is CCOC(F)(OC(Cl)(Br)I)S(=O)(=O)O. The molecule has 2 unspecified atom stereocenters. The maximum Gasteiger partial charge on any atom is 0.456 e. The Morgan fingerprint density at radius 1 is 1.71 bits per heavy atom. The summed E-state index contributed by atoms with van der Waals surface area (Å²) in [4.78, 5) is 0. The van der Waals surface area contributed by atoms with Crippen molar-refractivity contribution >= 4 is 60.2 Å². The summed E-state index contributed by atoms with van der Waals surface area (Å²) in [7, 11) is -5.19. The lowest BCUT2D eigenvalue weighted by atomic mass is 10.9. The van der Waals surface area contributed by atoms with Crippen LogP contribution in [0, 0.1) is 0 Å². The van der Waals surface area contributed by atoms with Crippen LogP contribution in [0.25, 0.3) is 0 Å². The van der Waals surface area contributed by atoms with Gasteiger partial charge in [-0.1, -0.05) is 11.6 Å². The Morgan fingerprint density at radius 3 is 2.36 bits per heavy atom. The molecule has 14 heavy (non-hydrogen) atoms. The van der Waals surface area contributed by atoms with Gasteiger partial charge in [-0.2, -0.15) is 12.8 Å². The predicted octanol–water partition coefficient (Wildman–Crippen LogP) is 2.19. The highest BCUT2D eigenvalue weighted by molar-refractivity contribution is 14.1. The van der Waals surface area contributed by atoms with Gasteiger partial charge in [-0.05, 0) is 45.4 Å². The van der Waals surface area contributed by atoms with Crippen LogP contribution in [0.5, 0.6) is 0 Å². The van der Waals surface area contributed by atoms with Crippen molar-refractivity contribution < 1.29 is 26.8 Å². The van der Waals surface area contributed by atoms with Crippen molar-refractivity contribution in [3.8, 4) is 0 Å². The highest BCUT2D eigenvalue weighted by Crippen LogP contribution is 2.40. The van der Waals surface area contributed by atoms with Crippen molar-refractivity contribution in [3.63, 3.8) is 0 Å². The van der Waals surface area contributed by atoms with Crippen LogP contribution in [0.15, 0.2) is 0 Å². The van der Waals surface area contributed by atoms with Crippen molar-refractivity contribution in [1.82, 2.24) is 0 Å². The van der Waals surface area contributed by atoms with E-state index in [2.05, 4.69) is 25.4 Å². The highest BCUT2D eigenvalue weighted by Gasteiger charge is 2.51. The number of hydrogen-bond acceptors (Lipinski definition) is 4. The first-order valence-electron chi connectivity index (χ1n) is 3.08. The molecular formula is C4H6BrClFIO5S. The van der Waals surface area contributed by atoms with Crippen molar-refractivity contribution in [3.05, 3.63) is 0 Å². The molecule has 0 aliphatic rings. The van der Waals surface area contributed by atoms with Crippen LogP contribution in [0.1, 0.15) is 6.92 Å². The minimum Gasteiger partial charge on any atom is -0.310 e. The van der Waals surface area contributed by atoms with Crippen LogP contribution in [0.4, 0.5) is 4.39 Å². The molecule has 0 spiro atoms. The standard InChI is InChI=1S/C4H6BrClFIO5S/c1-2-12-4(7,14(9,10)11)13-3(5,6)8/h2H2,1H3,(H,9,10,11). The molecule has 0 rings (SSSR count). The minimum absolute atomic E-state index is 0.326. The van der Waals surface area contributed by atoms with E-state index in [1.54, 1.807) is 0 Å². The molecule has 2 atom stereocenters. The summed E-state index contributed by atoms with van der Waals surface area (Å²) in [5, 5.41) is -3.69. The minimum atomic E-state index is -5.19. The first-order chi connectivity index (χ1) is 6.02. The van der Waals surface area contributed by atoms with Gasteiger partial charge in [0.2, 0.25) is 0 Å². The average molecular weight is 427 g/mol. The molecule has 86 valence electrons. The molecule has 0 fully saturated rings. The van der Waals surface area contributed by atoms with Gasteiger partial charge in [0.1, 0.15) is 0 Å². The first kappa shape index (κ1) is 15.3. The lowest BCUT2D eigenvalue weighted by Gasteiger charge is -2.25. The zero-order valence-corrected chi connectivity index (χ0v) is 12.0. The summed E-state index contributed by atoms with van der Waals surface area (Å²) < 4.78 is 49.5. The second-order valence-corrected chi connectivity index (χ2v) is 9.12. The molecule has 10 heteroatoms. The van der Waals surface area contributed by atoms with Gasteiger partial charge in [0.25, 0.3) is 1.98 Å². The van der Waals surface area contributed by atoms with Crippen molar-refractivity contribution in [2.24, 2.45) is 0 Å². The molecule has 0 aliphatic carbocycles. The summed E-state index contributed by atoms with van der Waals surface area (Å²) >= 11 is 9.30. The van der Waals surface area contributed by atoms with Gasteiger partial charge >= 0.3 is 15.5 Å². The molecule has 0 bridgehead atoms. The van der Waals surface area contributed by atoms with Crippen LogP contribution in [-0.2, 0) is 19.6 Å². The van der Waals surface area contributed by atoms with Gasteiger partial charge in [0.05, 0.1) is 6.61 Å². The van der Waals surface area contributed by atoms with Crippen LogP contribution >= 0.6 is 50.1 Å². The Labute approximate surface area is 107 Å². The molecule has 0 aromatic carbocycles. The molecule has 0 heterocycles. The molecule has 0 amide bonds. The van der Waals surface area contributed by atoms with E-state index in [9.17, 15) is 12.8 Å². The lowest BCUT2D eigenvalue weighted by molar-refractivity contribution is -0.254. The topological polar surface area (TPSA) is 72.8 Å². The van der Waals surface area contributed by atoms with E-state index in [1.807, 2.05) is 0 Å². The van der Waals surface area contributed by atoms with E-state index < -0.39 is 17.5 Å². The van der Waals surface area contributed by atoms with Crippen LogP contribution < -0.4 is 0 Å². The maximum absolute atomic E-state index is 13.4. The Hall–Kier alpha value is 1.26. The average Bonchev–Trinajstić information content (AvgIpc) is 1.79. The van der Waals surface area contributed by atoms with Gasteiger partial charge in [-0.25, -0.2) is 0 Å². The molecule has 0 aromatic heterocycles. The van der Waals surface area contributed by atoms with E-state index in [1.165, 1.54) is 29.5 Å². The van der Waals surface area contributed by atoms with Crippen LogP contribution in [0.3, 0.4) is 0 Å². The Bertz CT molecular complexity index is 293. The summed E-state index contributed by atoms with van der Waals surface area (Å²) in [6.07, 6.45) is 0. The lowest BCUT2D eigenvalue weighted by Crippen LogP contribution is -2.42. The number of ether oxygens (including phenoxy) is 2. The van der Waals surface area contributed by atoms with E-state index in [-0.39, 0.29) is 6.61 Å². The Kier molecular flexibility index (Phi) is 5.52. The van der Waals surface area contributed by atoms with Gasteiger partial charge in [-0.3, -0.25) is 9.29 Å². The molecule has 0 aromatic rings. The number of alkyl halides is 4. The quantitative estimate of drug-likeness (QED) is 0.315. The largest absolute Gasteiger partial charge is 0.456 e. The predicted molar refractivity (Wildman–Crippen MR) is 59.6 cm³/mol. The Balaban J connectivity index is 4.94. The molecule has 0 saturated heterocycles. The van der Waals surface area contributed by atoms with Crippen molar-refractivity contribution in [2.75, 3.05) is 6.61 Å². The highest BCUT2D eigenvalue weighted by atomic mass is 127. The zero-order valence-electron chi connectivity index (χ0n) is 6.71. The monoisotopic (exact) mass is 426 g/mol. The third-order valence-electron chi connectivity index (χ3n) is 0.862. The summed E-state index contributed by atoms with van der Waals surface area (Å²) in [5.41, 5.74) is 0. The summed E-state index contributed by atoms with van der Waals surface area (Å²) in [6, 6.07) is 0. The second-order valence-electron chi connectivity index (χ2n) is 1.94. The van der Waals surface area contributed by atoms with E-state index in [0.717, 1.165) is 0 Å². The van der Waals surface area contributed by atoms with E-state index in [0.29, 0.717) is 0 Å². The maximum atomic E-state index is 13.4. The van der Waals surface area contributed by atoms with Gasteiger partial charge < -0.3 is 4.74 Å². The molecule has 5 nitrogen and oxygen atoms in total. The smallest absolute Gasteiger partial charge is 0.310 e. The normalized spacial score (nSPS) is 21.3. The number of rotatable bonds is 5. The van der Waals surface area contributed by atoms with Crippen molar-refractivity contribution in [2.45, 2.75) is 14.3 Å². The fourth-order valence-electron chi connectivity index (χ4n) is 0.467. The van der Waals surface area contributed by atoms with E-state index in [4.69, 9.17) is 16.2 Å². The van der Waals surface area contributed by atoms with Gasteiger partial charge in [0.15, 0.2) is 0 Å². The number of hydrogen-bond donors (Lipinski definition) is 1. The fourth-order valence-corrected chi connectivity index (χ4v) is 1.86. The molecule has 0 saturated carbocycles. The molecule has 0 aliphatic heterocycles. The van der Waals surface area contributed by atoms with Crippen LogP contribution in [0.2, 0.25) is 0 Å². The van der Waals surface area contributed by atoms with Crippen molar-refractivity contribution in [1.29, 1.82) is 0 Å². The zero-order chi connectivity index (χ0) is 11.6. The third kappa shape index (κ3) is 4.86. The van der Waals surface area contributed by atoms with Crippen LogP contribution in [-0.4, -0.2) is 26.9 Å². The second kappa shape index (κ2) is 5.06. The van der Waals surface area contributed by atoms with Gasteiger partial charge in [-0.15, -0.1) is 0 Å². The third-order valence-corrected chi connectivity index (χ3v) is 2.14. The molecule has 1 N–H and O–H groups in total. The number of halogens is 4. The van der Waals surface area contributed by atoms with E-state index >= 15 is 0 Å². The molecule has 0 radical (unpaired) electrons. The van der Waals surface area contributed by atoms with Gasteiger partial charge in [0, 0.05) is 0 Å². The molecular weight excluding hydrogens is 421 g/mol. The summed E-state index contributed by atoms with van der Waals surface area (Å²) in [6.45, 7) is 0.993. The summed E-state index contributed by atoms with van der Waals surface area (Å²) in [5.74, 6) is 0. The first-order valence-corrected chi connectivity index (χ1v) is 6.77. The Morgan fingerprint density at radius 2 is 2.14 bits per heavy atom. The fraction of sp³-hybridized carbons (Fsp3) is 1.00.